The highest BCUT2D eigenvalue weighted by Crippen LogP contribution is 2.44. The van der Waals surface area contributed by atoms with Gasteiger partial charge in [0.05, 0.1) is 18.2 Å². The van der Waals surface area contributed by atoms with Crippen molar-refractivity contribution in [1.29, 1.82) is 0 Å². The normalized spacial score (nSPS) is 16.7. The van der Waals surface area contributed by atoms with Gasteiger partial charge in [0.15, 0.2) is 0 Å². The zero-order chi connectivity index (χ0) is 17.3. The Hall–Kier alpha value is -2.07. The van der Waals surface area contributed by atoms with Crippen LogP contribution >= 0.6 is 0 Å². The Balaban J connectivity index is 1.80. The molecule has 1 fully saturated rings. The average Bonchev–Trinajstić information content (AvgIpc) is 3.32. The van der Waals surface area contributed by atoms with Crippen LogP contribution < -0.4 is 5.32 Å². The monoisotopic (exact) mass is 326 g/mol. The molecule has 1 aromatic heterocycles. The molecule has 0 aliphatic heterocycles. The number of amides is 1. The summed E-state index contributed by atoms with van der Waals surface area (Å²) in [5, 5.41) is 12.4. The van der Waals surface area contributed by atoms with Crippen molar-refractivity contribution in [2.24, 2.45) is 5.41 Å². The van der Waals surface area contributed by atoms with Gasteiger partial charge in [-0.1, -0.05) is 30.3 Å². The number of hydrogen-bond acceptors (Lipinski definition) is 2. The van der Waals surface area contributed by atoms with Crippen molar-refractivity contribution < 1.29 is 9.90 Å². The van der Waals surface area contributed by atoms with E-state index in [9.17, 15) is 9.90 Å². The molecule has 1 heterocycles. The van der Waals surface area contributed by atoms with E-state index in [1.807, 2.05) is 38.1 Å². The molecule has 0 spiro atoms. The molecule has 0 radical (unpaired) electrons. The van der Waals surface area contributed by atoms with Gasteiger partial charge in [0.1, 0.15) is 0 Å². The van der Waals surface area contributed by atoms with E-state index in [1.54, 1.807) is 0 Å². The van der Waals surface area contributed by atoms with E-state index in [0.717, 1.165) is 29.8 Å². The summed E-state index contributed by atoms with van der Waals surface area (Å²) in [7, 11) is 0. The van der Waals surface area contributed by atoms with Gasteiger partial charge >= 0.3 is 0 Å². The van der Waals surface area contributed by atoms with Crippen molar-refractivity contribution >= 4 is 5.91 Å². The summed E-state index contributed by atoms with van der Waals surface area (Å²) in [5.74, 6) is -0.0469. The molecule has 3 rings (SSSR count). The second kappa shape index (κ2) is 6.44. The summed E-state index contributed by atoms with van der Waals surface area (Å²) >= 11 is 0. The van der Waals surface area contributed by atoms with Crippen LogP contribution in [-0.4, -0.2) is 28.7 Å². The van der Waals surface area contributed by atoms with Crippen LogP contribution in [0.4, 0.5) is 0 Å². The minimum atomic E-state index is -0.0709. The first-order valence-electron chi connectivity index (χ1n) is 8.60. The van der Waals surface area contributed by atoms with Gasteiger partial charge in [-0.25, -0.2) is 0 Å². The minimum Gasteiger partial charge on any atom is -0.396 e. The molecule has 4 heteroatoms. The van der Waals surface area contributed by atoms with Gasteiger partial charge in [0, 0.05) is 23.3 Å². The summed E-state index contributed by atoms with van der Waals surface area (Å²) in [6, 6.07) is 12.5. The van der Waals surface area contributed by atoms with E-state index < -0.39 is 0 Å². The first-order valence-corrected chi connectivity index (χ1v) is 8.60. The van der Waals surface area contributed by atoms with Crippen molar-refractivity contribution in [3.05, 3.63) is 58.9 Å². The highest BCUT2D eigenvalue weighted by molar-refractivity contribution is 5.95. The minimum absolute atomic E-state index is 0.0469. The Bertz CT molecular complexity index is 730. The zero-order valence-electron chi connectivity index (χ0n) is 14.7. The van der Waals surface area contributed by atoms with Crippen molar-refractivity contribution in [2.75, 3.05) is 13.2 Å². The lowest BCUT2D eigenvalue weighted by Gasteiger charge is -2.19. The van der Waals surface area contributed by atoms with Crippen molar-refractivity contribution in [1.82, 2.24) is 9.88 Å². The van der Waals surface area contributed by atoms with Gasteiger partial charge in [-0.15, -0.1) is 0 Å². The average molecular weight is 326 g/mol. The number of benzene rings is 1. The van der Waals surface area contributed by atoms with E-state index in [-0.39, 0.29) is 24.0 Å². The van der Waals surface area contributed by atoms with Crippen molar-refractivity contribution in [2.45, 2.75) is 39.7 Å². The molecule has 2 aromatic rings. The number of aliphatic hydroxyl groups is 1. The fraction of sp³-hybridized carbons (Fsp3) is 0.450. The molecule has 1 atom stereocenters. The van der Waals surface area contributed by atoms with Crippen molar-refractivity contribution in [3.63, 3.8) is 0 Å². The van der Waals surface area contributed by atoms with Crippen LogP contribution in [-0.2, 0) is 0 Å². The molecular weight excluding hydrogens is 300 g/mol. The SMILES string of the molecule is Cc1cc(C(=O)NCC2(CO)CC2)c(C)n1C(C)c1ccccc1. The van der Waals surface area contributed by atoms with E-state index in [0.29, 0.717) is 6.54 Å². The molecule has 24 heavy (non-hydrogen) atoms. The third-order valence-electron chi connectivity index (χ3n) is 5.31. The van der Waals surface area contributed by atoms with Gasteiger partial charge in [0.25, 0.3) is 5.91 Å². The van der Waals surface area contributed by atoms with Gasteiger partial charge in [-0.3, -0.25) is 4.79 Å². The number of nitrogens with one attached hydrogen (secondary N) is 1. The topological polar surface area (TPSA) is 54.3 Å². The Kier molecular flexibility index (Phi) is 4.50. The molecule has 0 saturated heterocycles. The predicted octanol–water partition coefficient (Wildman–Crippen LogP) is 3.22. The van der Waals surface area contributed by atoms with Gasteiger partial charge in [-0.2, -0.15) is 0 Å². The van der Waals surface area contributed by atoms with Crippen LogP contribution in [0, 0.1) is 19.3 Å². The summed E-state index contributed by atoms with van der Waals surface area (Å²) in [6.45, 7) is 6.90. The van der Waals surface area contributed by atoms with Crippen LogP contribution in [0.2, 0.25) is 0 Å². The number of nitrogens with zero attached hydrogens (tertiary/aromatic N) is 1. The number of carbonyl (C=O) groups excluding carboxylic acids is 1. The number of rotatable bonds is 6. The number of hydrogen-bond donors (Lipinski definition) is 2. The molecule has 1 saturated carbocycles. The number of aromatic nitrogens is 1. The van der Waals surface area contributed by atoms with Crippen molar-refractivity contribution in [3.8, 4) is 0 Å². The van der Waals surface area contributed by atoms with Gasteiger partial charge in [0.2, 0.25) is 0 Å². The predicted molar refractivity (Wildman–Crippen MR) is 95.2 cm³/mol. The van der Waals surface area contributed by atoms with Gasteiger partial charge in [-0.05, 0) is 45.2 Å². The maximum atomic E-state index is 12.6. The van der Waals surface area contributed by atoms with E-state index in [4.69, 9.17) is 0 Å². The maximum absolute atomic E-state index is 12.6. The fourth-order valence-corrected chi connectivity index (χ4v) is 3.41. The number of carbonyl (C=O) groups is 1. The molecule has 1 unspecified atom stereocenters. The van der Waals surface area contributed by atoms with E-state index in [2.05, 4.69) is 28.9 Å². The Morgan fingerprint density at radius 3 is 2.54 bits per heavy atom. The van der Waals surface area contributed by atoms with Gasteiger partial charge < -0.3 is 15.0 Å². The molecule has 0 bridgehead atoms. The smallest absolute Gasteiger partial charge is 0.253 e. The largest absolute Gasteiger partial charge is 0.396 e. The molecule has 128 valence electrons. The third kappa shape index (κ3) is 3.11. The Morgan fingerprint density at radius 1 is 1.29 bits per heavy atom. The van der Waals surface area contributed by atoms with E-state index >= 15 is 0 Å². The van der Waals surface area contributed by atoms with Crippen LogP contribution in [0.5, 0.6) is 0 Å². The summed E-state index contributed by atoms with van der Waals surface area (Å²) in [5.41, 5.74) is 3.94. The van der Waals surface area contributed by atoms with E-state index in [1.165, 1.54) is 5.56 Å². The lowest BCUT2D eigenvalue weighted by atomic mass is 10.1. The first kappa shape index (κ1) is 16.8. The van der Waals surface area contributed by atoms with Crippen LogP contribution in [0.3, 0.4) is 0 Å². The zero-order valence-corrected chi connectivity index (χ0v) is 14.7. The summed E-state index contributed by atoms with van der Waals surface area (Å²) in [6.07, 6.45) is 1.99. The summed E-state index contributed by atoms with van der Waals surface area (Å²) < 4.78 is 2.21. The summed E-state index contributed by atoms with van der Waals surface area (Å²) in [4.78, 5) is 12.6. The highest BCUT2D eigenvalue weighted by atomic mass is 16.3. The van der Waals surface area contributed by atoms with Crippen LogP contribution in [0.25, 0.3) is 0 Å². The lowest BCUT2D eigenvalue weighted by Crippen LogP contribution is -2.32. The Labute approximate surface area is 143 Å². The highest BCUT2D eigenvalue weighted by Gasteiger charge is 2.42. The number of aryl methyl sites for hydroxylation is 1. The first-order chi connectivity index (χ1) is 11.5. The molecule has 1 amide bonds. The maximum Gasteiger partial charge on any atom is 0.253 e. The molecule has 1 aliphatic carbocycles. The van der Waals surface area contributed by atoms with Crippen LogP contribution in [0.15, 0.2) is 36.4 Å². The second-order valence-electron chi connectivity index (χ2n) is 7.08. The third-order valence-corrected chi connectivity index (χ3v) is 5.31. The Morgan fingerprint density at radius 2 is 1.96 bits per heavy atom. The standard InChI is InChI=1S/C20H26N2O2/c1-14-11-18(19(24)21-12-20(13-23)9-10-20)16(3)22(14)15(2)17-7-5-4-6-8-17/h4-8,11,15,23H,9-10,12-13H2,1-3H3,(H,21,24). The van der Waals surface area contributed by atoms with Crippen LogP contribution in [0.1, 0.15) is 53.1 Å². The second-order valence-corrected chi connectivity index (χ2v) is 7.08. The quantitative estimate of drug-likeness (QED) is 0.856. The number of aliphatic hydroxyl groups excluding tert-OH is 1. The molecule has 2 N–H and O–H groups in total. The molecule has 1 aliphatic rings. The lowest BCUT2D eigenvalue weighted by molar-refractivity contribution is 0.0934. The fourth-order valence-electron chi connectivity index (χ4n) is 3.41. The molecule has 4 nitrogen and oxygen atoms in total. The molecular formula is C20H26N2O2. The molecule has 1 aromatic carbocycles.